The molecule has 0 aromatic heterocycles. The number of allylic oxidation sites excluding steroid dienone is 1. The third kappa shape index (κ3) is 6.33. The molecule has 0 spiro atoms. The third-order valence-electron chi connectivity index (χ3n) is 6.76. The van der Waals surface area contributed by atoms with Gasteiger partial charge in [-0.15, -0.1) is 0 Å². The average Bonchev–Trinajstić information content (AvgIpc) is 2.99. The van der Waals surface area contributed by atoms with E-state index in [1.165, 1.54) is 32.4 Å². The Morgan fingerprint density at radius 3 is 2.32 bits per heavy atom. The van der Waals surface area contributed by atoms with Crippen molar-refractivity contribution >= 4 is 52.4 Å². The highest BCUT2D eigenvalue weighted by molar-refractivity contribution is 6.37. The molecule has 44 heavy (non-hydrogen) atoms. The summed E-state index contributed by atoms with van der Waals surface area (Å²) in [6, 6.07) is 20.2. The maximum atomic E-state index is 12.9. The number of ether oxygens (including phenoxy) is 5. The molecule has 1 aliphatic heterocycles. The second-order valence-electron chi connectivity index (χ2n) is 9.42. The van der Waals surface area contributed by atoms with Crippen LogP contribution in [0.2, 0.25) is 20.1 Å². The van der Waals surface area contributed by atoms with Crippen LogP contribution in [0.3, 0.4) is 0 Å². The number of methoxy groups -OCH3 is 2. The summed E-state index contributed by atoms with van der Waals surface area (Å²) in [5, 5.41) is 11.3. The van der Waals surface area contributed by atoms with Crippen molar-refractivity contribution in [3.8, 4) is 34.8 Å². The van der Waals surface area contributed by atoms with Gasteiger partial charge in [-0.1, -0.05) is 64.6 Å². The van der Waals surface area contributed by atoms with Crippen LogP contribution in [0.25, 0.3) is 0 Å². The molecule has 0 amide bonds. The highest BCUT2D eigenvalue weighted by Crippen LogP contribution is 2.45. The lowest BCUT2D eigenvalue weighted by atomic mass is 9.83. The normalized spacial score (nSPS) is 13.8. The number of carbonyl (C=O) groups is 1. The van der Waals surface area contributed by atoms with Gasteiger partial charge in [0.1, 0.15) is 29.7 Å². The predicted molar refractivity (Wildman–Crippen MR) is 167 cm³/mol. The summed E-state index contributed by atoms with van der Waals surface area (Å²) in [5.74, 6) is 0.219. The van der Waals surface area contributed by atoms with Crippen molar-refractivity contribution in [2.45, 2.75) is 12.5 Å². The summed E-state index contributed by atoms with van der Waals surface area (Å²) in [5.41, 5.74) is 8.56. The summed E-state index contributed by atoms with van der Waals surface area (Å²) in [6.45, 7) is 0.179. The fraction of sp³-hybridized carbons (Fsp3) is 0.125. The summed E-state index contributed by atoms with van der Waals surface area (Å²) in [6.07, 6.45) is 0. The van der Waals surface area contributed by atoms with E-state index in [0.717, 1.165) is 5.56 Å². The summed E-state index contributed by atoms with van der Waals surface area (Å²) >= 11 is 24.6. The van der Waals surface area contributed by atoms with E-state index in [0.29, 0.717) is 38.4 Å². The maximum absolute atomic E-state index is 12.9. The molecular formula is C32H22Cl4N2O6. The number of rotatable bonds is 8. The first-order valence-electron chi connectivity index (χ1n) is 12.8. The van der Waals surface area contributed by atoms with Crippen molar-refractivity contribution in [3.05, 3.63) is 121 Å². The van der Waals surface area contributed by atoms with Crippen LogP contribution >= 0.6 is 46.4 Å². The third-order valence-corrected chi connectivity index (χ3v) is 7.91. The van der Waals surface area contributed by atoms with E-state index in [9.17, 15) is 10.1 Å². The minimum absolute atomic E-state index is 0.0844. The number of halogens is 4. The van der Waals surface area contributed by atoms with Gasteiger partial charge in [-0.2, -0.15) is 5.26 Å². The molecule has 4 aromatic carbocycles. The first-order chi connectivity index (χ1) is 21.1. The number of nitrogens with zero attached hydrogens (tertiary/aromatic N) is 1. The summed E-state index contributed by atoms with van der Waals surface area (Å²) in [4.78, 5) is 12.9. The molecule has 1 aliphatic rings. The number of hydrogen-bond acceptors (Lipinski definition) is 8. The SMILES string of the molecule is COc1cc(C2C(C#N)=C(N)Oc3cc(OC(=O)c4cc(Cl)c(OC)c(Cl)c4)ccc32)ccc1OCc1ccc(Cl)cc1Cl. The summed E-state index contributed by atoms with van der Waals surface area (Å²) in [7, 11) is 2.93. The monoisotopic (exact) mass is 670 g/mol. The van der Waals surface area contributed by atoms with Gasteiger partial charge in [0.15, 0.2) is 17.2 Å². The number of fused-ring (bicyclic) bond motifs is 1. The highest BCUT2D eigenvalue weighted by atomic mass is 35.5. The number of hydrogen-bond donors (Lipinski definition) is 1. The van der Waals surface area contributed by atoms with Crippen LogP contribution in [0.15, 0.2) is 78.2 Å². The van der Waals surface area contributed by atoms with Gasteiger partial charge >= 0.3 is 5.97 Å². The molecule has 5 rings (SSSR count). The van der Waals surface area contributed by atoms with E-state index in [-0.39, 0.29) is 45.2 Å². The first kappa shape index (κ1) is 31.2. The van der Waals surface area contributed by atoms with Crippen molar-refractivity contribution in [1.29, 1.82) is 5.26 Å². The Hall–Kier alpha value is -4.26. The van der Waals surface area contributed by atoms with Gasteiger partial charge < -0.3 is 29.4 Å². The van der Waals surface area contributed by atoms with Crippen LogP contribution in [0.5, 0.6) is 28.7 Å². The van der Waals surface area contributed by atoms with E-state index in [4.69, 9.17) is 75.8 Å². The minimum Gasteiger partial charge on any atom is -0.494 e. The number of esters is 1. The molecule has 2 N–H and O–H groups in total. The lowest BCUT2D eigenvalue weighted by Crippen LogP contribution is -2.21. The first-order valence-corrected chi connectivity index (χ1v) is 14.4. The maximum Gasteiger partial charge on any atom is 0.343 e. The van der Waals surface area contributed by atoms with Gasteiger partial charge in [0.25, 0.3) is 0 Å². The summed E-state index contributed by atoms with van der Waals surface area (Å²) < 4.78 is 28.1. The second-order valence-corrected chi connectivity index (χ2v) is 11.1. The molecule has 0 saturated carbocycles. The van der Waals surface area contributed by atoms with E-state index >= 15 is 0 Å². The molecule has 1 atom stereocenters. The van der Waals surface area contributed by atoms with Gasteiger partial charge in [-0.25, -0.2) is 4.79 Å². The average molecular weight is 672 g/mol. The number of nitriles is 1. The Balaban J connectivity index is 1.43. The van der Waals surface area contributed by atoms with Gasteiger partial charge in [-0.05, 0) is 48.0 Å². The Morgan fingerprint density at radius 2 is 1.66 bits per heavy atom. The van der Waals surface area contributed by atoms with Crippen molar-refractivity contribution in [1.82, 2.24) is 0 Å². The molecule has 1 heterocycles. The Morgan fingerprint density at radius 1 is 0.909 bits per heavy atom. The molecule has 4 aromatic rings. The second kappa shape index (κ2) is 13.2. The Kier molecular flexibility index (Phi) is 9.33. The van der Waals surface area contributed by atoms with Crippen LogP contribution in [0, 0.1) is 11.3 Å². The standard InChI is InChI=1S/C32H22Cl4N2O6/c1-40-28-11-16(4-8-26(28)42-15-17-3-5-19(33)12-23(17)34)29-21-7-6-20(13-27(21)44-31(38)22(29)14-37)43-32(39)18-9-24(35)30(41-2)25(36)10-18/h3-13,29H,15,38H2,1-2H3. The van der Waals surface area contributed by atoms with E-state index < -0.39 is 11.9 Å². The zero-order chi connectivity index (χ0) is 31.5. The van der Waals surface area contributed by atoms with Crippen molar-refractivity contribution in [2.24, 2.45) is 5.73 Å². The van der Waals surface area contributed by atoms with Crippen molar-refractivity contribution in [3.63, 3.8) is 0 Å². The molecule has 0 saturated heterocycles. The van der Waals surface area contributed by atoms with Gasteiger partial charge in [0, 0.05) is 27.2 Å². The molecule has 0 fully saturated rings. The largest absolute Gasteiger partial charge is 0.494 e. The van der Waals surface area contributed by atoms with E-state index in [2.05, 4.69) is 6.07 Å². The minimum atomic E-state index is -0.704. The zero-order valence-electron chi connectivity index (χ0n) is 23.1. The topological polar surface area (TPSA) is 113 Å². The highest BCUT2D eigenvalue weighted by Gasteiger charge is 2.32. The van der Waals surface area contributed by atoms with Crippen molar-refractivity contribution < 1.29 is 28.5 Å². The van der Waals surface area contributed by atoms with E-state index in [1.807, 2.05) is 0 Å². The molecule has 0 radical (unpaired) electrons. The van der Waals surface area contributed by atoms with Crippen LogP contribution in [0.4, 0.5) is 0 Å². The molecule has 0 bridgehead atoms. The molecule has 0 aliphatic carbocycles. The van der Waals surface area contributed by atoms with Gasteiger partial charge in [0.2, 0.25) is 5.88 Å². The van der Waals surface area contributed by atoms with Crippen LogP contribution in [-0.2, 0) is 6.61 Å². The smallest absolute Gasteiger partial charge is 0.343 e. The Labute approximate surface area is 273 Å². The van der Waals surface area contributed by atoms with Crippen LogP contribution in [-0.4, -0.2) is 20.2 Å². The molecule has 224 valence electrons. The quantitative estimate of drug-likeness (QED) is 0.147. The number of benzene rings is 4. The number of nitrogens with two attached hydrogens (primary N) is 1. The van der Waals surface area contributed by atoms with E-state index in [1.54, 1.807) is 48.5 Å². The molecule has 1 unspecified atom stereocenters. The molecule has 8 nitrogen and oxygen atoms in total. The lowest BCUT2D eigenvalue weighted by molar-refractivity contribution is 0.0734. The molecular weight excluding hydrogens is 650 g/mol. The zero-order valence-corrected chi connectivity index (χ0v) is 26.1. The fourth-order valence-electron chi connectivity index (χ4n) is 4.66. The fourth-order valence-corrected chi connectivity index (χ4v) is 5.76. The van der Waals surface area contributed by atoms with Gasteiger partial charge in [-0.3, -0.25) is 0 Å². The molecule has 12 heteroatoms. The number of carbonyl (C=O) groups excluding carboxylic acids is 1. The predicted octanol–water partition coefficient (Wildman–Crippen LogP) is 8.33. The van der Waals surface area contributed by atoms with Crippen LogP contribution < -0.4 is 29.4 Å². The lowest BCUT2D eigenvalue weighted by Gasteiger charge is -2.27. The van der Waals surface area contributed by atoms with Gasteiger partial charge in [0.05, 0.1) is 35.7 Å². The van der Waals surface area contributed by atoms with Crippen molar-refractivity contribution in [2.75, 3.05) is 14.2 Å². The Bertz CT molecular complexity index is 1830. The van der Waals surface area contributed by atoms with Crippen LogP contribution in [0.1, 0.15) is 33.0 Å².